The van der Waals surface area contributed by atoms with Crippen LogP contribution in [0.3, 0.4) is 0 Å². The molecule has 1 aromatic heterocycles. The second-order valence-electron chi connectivity index (χ2n) is 6.78. The number of nitrogens with zero attached hydrogens (tertiary/aromatic N) is 1. The van der Waals surface area contributed by atoms with Crippen molar-refractivity contribution in [3.8, 4) is 11.1 Å². The van der Waals surface area contributed by atoms with Gasteiger partial charge in [0.15, 0.2) is 0 Å². The molecule has 0 unspecified atom stereocenters. The summed E-state index contributed by atoms with van der Waals surface area (Å²) >= 11 is 0. The van der Waals surface area contributed by atoms with Crippen LogP contribution in [0.1, 0.15) is 11.1 Å². The van der Waals surface area contributed by atoms with Gasteiger partial charge in [0, 0.05) is 30.9 Å². The molecule has 4 rings (SSSR count). The molecule has 0 spiro atoms. The van der Waals surface area contributed by atoms with E-state index in [0.717, 1.165) is 31.6 Å². The van der Waals surface area contributed by atoms with E-state index in [4.69, 9.17) is 0 Å². The van der Waals surface area contributed by atoms with E-state index in [1.165, 1.54) is 16.7 Å². The van der Waals surface area contributed by atoms with Gasteiger partial charge in [-0.15, -0.1) is 0 Å². The van der Waals surface area contributed by atoms with Crippen molar-refractivity contribution in [2.24, 2.45) is 5.92 Å². The van der Waals surface area contributed by atoms with E-state index >= 15 is 0 Å². The summed E-state index contributed by atoms with van der Waals surface area (Å²) in [5, 5.41) is 14.2. The summed E-state index contributed by atoms with van der Waals surface area (Å²) in [6.07, 6.45) is 4.92. The van der Waals surface area contributed by atoms with E-state index in [-0.39, 0.29) is 0 Å². The van der Waals surface area contributed by atoms with Crippen molar-refractivity contribution in [3.05, 3.63) is 78.1 Å². The molecule has 0 bridgehead atoms. The zero-order chi connectivity index (χ0) is 16.9. The quantitative estimate of drug-likeness (QED) is 0.650. The Bertz CT molecular complexity index is 783. The molecule has 25 heavy (non-hydrogen) atoms. The van der Waals surface area contributed by atoms with E-state index in [1.54, 1.807) is 0 Å². The molecule has 0 amide bonds. The van der Waals surface area contributed by atoms with Gasteiger partial charge in [-0.25, -0.2) is 0 Å². The highest BCUT2D eigenvalue weighted by molar-refractivity contribution is 5.62. The van der Waals surface area contributed by atoms with E-state index in [9.17, 15) is 0 Å². The Kier molecular flexibility index (Phi) is 4.91. The molecule has 3 N–H and O–H groups in total. The second kappa shape index (κ2) is 7.64. The maximum atomic E-state index is 4.04. The van der Waals surface area contributed by atoms with Crippen LogP contribution in [0.25, 0.3) is 11.1 Å². The van der Waals surface area contributed by atoms with Gasteiger partial charge >= 0.3 is 0 Å². The highest BCUT2D eigenvalue weighted by Crippen LogP contribution is 2.20. The van der Waals surface area contributed by atoms with E-state index in [2.05, 4.69) is 75.4 Å². The summed E-state index contributed by atoms with van der Waals surface area (Å²) in [5.74, 6) is 0.638. The highest BCUT2D eigenvalue weighted by atomic mass is 15.1. The van der Waals surface area contributed by atoms with Crippen LogP contribution in [0.15, 0.2) is 67.0 Å². The zero-order valence-corrected chi connectivity index (χ0v) is 14.3. The van der Waals surface area contributed by atoms with E-state index < -0.39 is 0 Å². The monoisotopic (exact) mass is 332 g/mol. The van der Waals surface area contributed by atoms with Crippen molar-refractivity contribution in [2.45, 2.75) is 19.0 Å². The molecular weight excluding hydrogens is 308 g/mol. The largest absolute Gasteiger partial charge is 0.315 e. The number of nitrogens with one attached hydrogen (secondary N) is 3. The Hall–Kier alpha value is -2.43. The molecule has 0 radical (unpaired) electrons. The molecule has 2 aromatic carbocycles. The fourth-order valence-corrected chi connectivity index (χ4v) is 3.62. The molecule has 0 saturated carbocycles. The van der Waals surface area contributed by atoms with Crippen molar-refractivity contribution in [2.75, 3.05) is 13.1 Å². The first-order chi connectivity index (χ1) is 12.4. The molecule has 1 fully saturated rings. The molecule has 128 valence electrons. The summed E-state index contributed by atoms with van der Waals surface area (Å²) in [5.41, 5.74) is 5.07. The third kappa shape index (κ3) is 3.98. The molecular formula is C21H24N4. The number of rotatable bonds is 6. The van der Waals surface area contributed by atoms with Crippen LogP contribution in [0.4, 0.5) is 0 Å². The third-order valence-electron chi connectivity index (χ3n) is 5.01. The van der Waals surface area contributed by atoms with Gasteiger partial charge in [-0.05, 0) is 41.6 Å². The predicted molar refractivity (Wildman–Crippen MR) is 101 cm³/mol. The predicted octanol–water partition coefficient (Wildman–Crippen LogP) is 3.00. The summed E-state index contributed by atoms with van der Waals surface area (Å²) in [6, 6.07) is 20.0. The molecule has 0 aliphatic carbocycles. The Morgan fingerprint density at radius 2 is 1.84 bits per heavy atom. The van der Waals surface area contributed by atoms with Crippen LogP contribution in [-0.2, 0) is 13.0 Å². The Morgan fingerprint density at radius 1 is 0.960 bits per heavy atom. The topological polar surface area (TPSA) is 52.7 Å². The van der Waals surface area contributed by atoms with Crippen LogP contribution in [0.2, 0.25) is 0 Å². The lowest BCUT2D eigenvalue weighted by Crippen LogP contribution is -2.36. The van der Waals surface area contributed by atoms with Gasteiger partial charge in [0.2, 0.25) is 0 Å². The smallest absolute Gasteiger partial charge is 0.0565 e. The van der Waals surface area contributed by atoms with Gasteiger partial charge in [0.05, 0.1) is 6.20 Å². The van der Waals surface area contributed by atoms with Gasteiger partial charge in [0.1, 0.15) is 0 Å². The molecule has 4 heteroatoms. The van der Waals surface area contributed by atoms with Crippen molar-refractivity contribution < 1.29 is 0 Å². The Labute approximate surface area is 148 Å². The lowest BCUT2D eigenvalue weighted by molar-refractivity contribution is 0.423. The highest BCUT2D eigenvalue weighted by Gasteiger charge is 2.26. The number of aromatic nitrogens is 2. The molecule has 4 nitrogen and oxygen atoms in total. The van der Waals surface area contributed by atoms with Crippen LogP contribution in [0, 0.1) is 5.92 Å². The van der Waals surface area contributed by atoms with Crippen molar-refractivity contribution >= 4 is 0 Å². The number of H-pyrrole nitrogens is 1. The third-order valence-corrected chi connectivity index (χ3v) is 5.01. The maximum absolute atomic E-state index is 4.04. The van der Waals surface area contributed by atoms with Crippen LogP contribution in [-0.4, -0.2) is 29.3 Å². The number of aromatic amines is 1. The Balaban J connectivity index is 1.38. The normalized spacial score (nSPS) is 20.0. The van der Waals surface area contributed by atoms with Crippen molar-refractivity contribution in [3.63, 3.8) is 0 Å². The van der Waals surface area contributed by atoms with Gasteiger partial charge in [-0.3, -0.25) is 5.10 Å². The van der Waals surface area contributed by atoms with Gasteiger partial charge in [0.25, 0.3) is 0 Å². The Morgan fingerprint density at radius 3 is 2.68 bits per heavy atom. The average Bonchev–Trinajstić information content (AvgIpc) is 3.33. The van der Waals surface area contributed by atoms with Gasteiger partial charge in [-0.1, -0.05) is 48.5 Å². The first-order valence-electron chi connectivity index (χ1n) is 8.94. The fraction of sp³-hybridized carbons (Fsp3) is 0.286. The molecule has 2 heterocycles. The zero-order valence-electron chi connectivity index (χ0n) is 14.3. The summed E-state index contributed by atoms with van der Waals surface area (Å²) < 4.78 is 0. The first kappa shape index (κ1) is 16.1. The summed E-state index contributed by atoms with van der Waals surface area (Å²) in [4.78, 5) is 0. The van der Waals surface area contributed by atoms with Crippen LogP contribution in [0.5, 0.6) is 0 Å². The number of hydrogen-bond donors (Lipinski definition) is 3. The lowest BCUT2D eigenvalue weighted by Gasteiger charge is -2.20. The SMILES string of the molecule is c1ccc(C[C@H]2CNC[C@H]2NCc2cccc(-c3cn[nH]c3)c2)cc1. The number of benzene rings is 2. The minimum absolute atomic E-state index is 0.512. The molecule has 1 aliphatic heterocycles. The van der Waals surface area contributed by atoms with Crippen molar-refractivity contribution in [1.82, 2.24) is 20.8 Å². The molecule has 1 saturated heterocycles. The molecule has 1 aliphatic rings. The standard InChI is InChI=1S/C21H24N4/c1-2-5-16(6-3-1)9-19-12-22-15-21(19)23-11-17-7-4-8-18(10-17)20-13-24-25-14-20/h1-8,10,13-14,19,21-23H,9,11-12,15H2,(H,24,25)/t19-,21+/m0/s1. The van der Waals surface area contributed by atoms with Crippen LogP contribution >= 0.6 is 0 Å². The lowest BCUT2D eigenvalue weighted by atomic mass is 9.94. The average molecular weight is 332 g/mol. The fourth-order valence-electron chi connectivity index (χ4n) is 3.62. The van der Waals surface area contributed by atoms with Crippen LogP contribution < -0.4 is 10.6 Å². The van der Waals surface area contributed by atoms with E-state index in [0.29, 0.717) is 12.0 Å². The van der Waals surface area contributed by atoms with Gasteiger partial charge in [-0.2, -0.15) is 5.10 Å². The minimum Gasteiger partial charge on any atom is -0.315 e. The summed E-state index contributed by atoms with van der Waals surface area (Å²) in [6.45, 7) is 3.02. The molecule has 3 aromatic rings. The van der Waals surface area contributed by atoms with Crippen molar-refractivity contribution in [1.29, 1.82) is 0 Å². The number of hydrogen-bond acceptors (Lipinski definition) is 3. The molecule has 2 atom stereocenters. The first-order valence-corrected chi connectivity index (χ1v) is 8.94. The van der Waals surface area contributed by atoms with Gasteiger partial charge < -0.3 is 10.6 Å². The maximum Gasteiger partial charge on any atom is 0.0565 e. The van der Waals surface area contributed by atoms with E-state index in [1.807, 2.05) is 12.4 Å². The second-order valence-corrected chi connectivity index (χ2v) is 6.78. The minimum atomic E-state index is 0.512. The summed E-state index contributed by atoms with van der Waals surface area (Å²) in [7, 11) is 0.